The molecule has 0 bridgehead atoms. The largest absolute Gasteiger partial charge is 0.250 e. The summed E-state index contributed by atoms with van der Waals surface area (Å²) in [4.78, 5) is 4.70. The van der Waals surface area contributed by atoms with Crippen molar-refractivity contribution in [3.63, 3.8) is 0 Å². The molecule has 0 spiro atoms. The van der Waals surface area contributed by atoms with E-state index in [1.807, 2.05) is 0 Å². The van der Waals surface area contributed by atoms with Gasteiger partial charge in [-0.15, -0.1) is 0 Å². The second-order valence-electron chi connectivity index (χ2n) is 5.25. The van der Waals surface area contributed by atoms with Gasteiger partial charge in [0.25, 0.3) is 0 Å². The van der Waals surface area contributed by atoms with Gasteiger partial charge in [0.2, 0.25) is 0 Å². The molecule has 2 aliphatic rings. The van der Waals surface area contributed by atoms with E-state index in [-0.39, 0.29) is 0 Å². The van der Waals surface area contributed by atoms with Crippen molar-refractivity contribution in [2.24, 2.45) is 5.92 Å². The number of hydrogen-bond donors (Lipinski definition) is 1. The predicted octanol–water partition coefficient (Wildman–Crippen LogP) is 3.76. The van der Waals surface area contributed by atoms with Gasteiger partial charge in [0.15, 0.2) is 5.60 Å². The number of hydrogen-bond acceptors (Lipinski definition) is 2. The van der Waals surface area contributed by atoms with Crippen molar-refractivity contribution < 1.29 is 10.1 Å². The lowest BCUT2D eigenvalue weighted by molar-refractivity contribution is -0.310. The second kappa shape index (κ2) is 5.70. The third kappa shape index (κ3) is 2.99. The van der Waals surface area contributed by atoms with Crippen molar-refractivity contribution in [3.8, 4) is 11.8 Å². The highest BCUT2D eigenvalue weighted by Crippen LogP contribution is 2.31. The minimum atomic E-state index is -0.532. The Hall–Kier alpha value is -0.520. The van der Waals surface area contributed by atoms with Gasteiger partial charge >= 0.3 is 0 Å². The lowest BCUT2D eigenvalue weighted by Crippen LogP contribution is -2.32. The first-order valence-electron chi connectivity index (χ1n) is 6.70. The molecule has 0 heterocycles. The van der Waals surface area contributed by atoms with Crippen LogP contribution in [0.4, 0.5) is 0 Å². The summed E-state index contributed by atoms with van der Waals surface area (Å²) < 4.78 is 0. The van der Waals surface area contributed by atoms with Crippen LogP contribution in [0.5, 0.6) is 0 Å². The quantitative estimate of drug-likeness (QED) is 0.416. The van der Waals surface area contributed by atoms with Gasteiger partial charge < -0.3 is 0 Å². The SMILES string of the molecule is OOC1(C#CC2CCCCC2)CCCCC1. The van der Waals surface area contributed by atoms with Crippen molar-refractivity contribution in [1.82, 2.24) is 0 Å². The minimum absolute atomic E-state index is 0.532. The molecule has 90 valence electrons. The highest BCUT2D eigenvalue weighted by atomic mass is 17.1. The predicted molar refractivity (Wildman–Crippen MR) is 63.9 cm³/mol. The van der Waals surface area contributed by atoms with Gasteiger partial charge in [-0.05, 0) is 38.5 Å². The van der Waals surface area contributed by atoms with Gasteiger partial charge in [0.05, 0.1) is 0 Å². The van der Waals surface area contributed by atoms with E-state index in [4.69, 9.17) is 10.1 Å². The molecule has 0 aliphatic heterocycles. The lowest BCUT2D eigenvalue weighted by Gasteiger charge is -2.29. The molecule has 0 unspecified atom stereocenters. The third-order valence-corrected chi connectivity index (χ3v) is 3.95. The normalized spacial score (nSPS) is 25.8. The van der Waals surface area contributed by atoms with Gasteiger partial charge in [0.1, 0.15) is 0 Å². The molecule has 1 N–H and O–H groups in total. The highest BCUT2D eigenvalue weighted by molar-refractivity contribution is 5.17. The Morgan fingerprint density at radius 3 is 2.19 bits per heavy atom. The summed E-state index contributed by atoms with van der Waals surface area (Å²) in [7, 11) is 0. The zero-order chi connectivity index (χ0) is 11.3. The Morgan fingerprint density at radius 1 is 0.938 bits per heavy atom. The fourth-order valence-electron chi connectivity index (χ4n) is 2.84. The van der Waals surface area contributed by atoms with Crippen LogP contribution in [-0.4, -0.2) is 10.9 Å². The maximum atomic E-state index is 9.07. The Labute approximate surface area is 98.3 Å². The average molecular weight is 222 g/mol. The van der Waals surface area contributed by atoms with Crippen molar-refractivity contribution in [3.05, 3.63) is 0 Å². The first-order valence-corrected chi connectivity index (χ1v) is 6.70. The molecule has 0 aromatic rings. The molecule has 2 rings (SSSR count). The van der Waals surface area contributed by atoms with E-state index in [1.165, 1.54) is 38.5 Å². The zero-order valence-electron chi connectivity index (χ0n) is 10.0. The number of rotatable bonds is 1. The zero-order valence-corrected chi connectivity index (χ0v) is 10.0. The van der Waals surface area contributed by atoms with Crippen LogP contribution in [0.15, 0.2) is 0 Å². The van der Waals surface area contributed by atoms with E-state index in [0.717, 1.165) is 25.7 Å². The molecule has 0 radical (unpaired) electrons. The van der Waals surface area contributed by atoms with E-state index in [2.05, 4.69) is 11.8 Å². The summed E-state index contributed by atoms with van der Waals surface area (Å²) in [6.45, 7) is 0. The molecular formula is C14H22O2. The summed E-state index contributed by atoms with van der Waals surface area (Å²) in [5.41, 5.74) is -0.532. The first kappa shape index (κ1) is 12.0. The van der Waals surface area contributed by atoms with Crippen LogP contribution >= 0.6 is 0 Å². The Morgan fingerprint density at radius 2 is 1.56 bits per heavy atom. The fourth-order valence-corrected chi connectivity index (χ4v) is 2.84. The summed E-state index contributed by atoms with van der Waals surface area (Å²) >= 11 is 0. The molecule has 0 aromatic heterocycles. The lowest BCUT2D eigenvalue weighted by atomic mass is 9.83. The molecule has 0 saturated heterocycles. The van der Waals surface area contributed by atoms with Gasteiger partial charge in [-0.2, -0.15) is 0 Å². The van der Waals surface area contributed by atoms with Gasteiger partial charge in [0, 0.05) is 5.92 Å². The summed E-state index contributed by atoms with van der Waals surface area (Å²) in [6, 6.07) is 0. The smallest absolute Gasteiger partial charge is 0.163 e. The van der Waals surface area contributed by atoms with Gasteiger partial charge in [-0.3, -0.25) is 5.26 Å². The summed E-state index contributed by atoms with van der Waals surface area (Å²) in [5, 5.41) is 9.07. The monoisotopic (exact) mass is 222 g/mol. The second-order valence-corrected chi connectivity index (χ2v) is 5.25. The molecular weight excluding hydrogens is 200 g/mol. The van der Waals surface area contributed by atoms with Crippen LogP contribution in [0.3, 0.4) is 0 Å². The van der Waals surface area contributed by atoms with E-state index in [0.29, 0.717) is 5.92 Å². The van der Waals surface area contributed by atoms with Gasteiger partial charge in [-0.1, -0.05) is 37.5 Å². The molecule has 0 amide bonds. The minimum Gasteiger partial charge on any atom is -0.250 e. The van der Waals surface area contributed by atoms with Crippen LogP contribution in [0.25, 0.3) is 0 Å². The maximum absolute atomic E-state index is 9.07. The molecule has 2 nitrogen and oxygen atoms in total. The first-order chi connectivity index (χ1) is 7.85. The molecule has 0 atom stereocenters. The van der Waals surface area contributed by atoms with Crippen LogP contribution in [0.1, 0.15) is 64.2 Å². The van der Waals surface area contributed by atoms with Gasteiger partial charge in [-0.25, -0.2) is 4.89 Å². The highest BCUT2D eigenvalue weighted by Gasteiger charge is 2.31. The third-order valence-electron chi connectivity index (χ3n) is 3.95. The van der Waals surface area contributed by atoms with Crippen LogP contribution in [-0.2, 0) is 4.89 Å². The van der Waals surface area contributed by atoms with E-state index in [9.17, 15) is 0 Å². The van der Waals surface area contributed by atoms with Crippen molar-refractivity contribution >= 4 is 0 Å². The average Bonchev–Trinajstić information content (AvgIpc) is 2.39. The van der Waals surface area contributed by atoms with E-state index < -0.39 is 5.60 Å². The van der Waals surface area contributed by atoms with Crippen LogP contribution in [0.2, 0.25) is 0 Å². The van der Waals surface area contributed by atoms with Crippen molar-refractivity contribution in [2.45, 2.75) is 69.8 Å². The summed E-state index contributed by atoms with van der Waals surface area (Å²) in [6.07, 6.45) is 11.7. The topological polar surface area (TPSA) is 29.5 Å². The summed E-state index contributed by atoms with van der Waals surface area (Å²) in [5.74, 6) is 7.12. The van der Waals surface area contributed by atoms with Crippen molar-refractivity contribution in [2.75, 3.05) is 0 Å². The molecule has 16 heavy (non-hydrogen) atoms. The Kier molecular flexibility index (Phi) is 4.26. The van der Waals surface area contributed by atoms with Crippen molar-refractivity contribution in [1.29, 1.82) is 0 Å². The Bertz CT molecular complexity index is 262. The molecule has 0 aromatic carbocycles. The molecule has 2 saturated carbocycles. The van der Waals surface area contributed by atoms with E-state index >= 15 is 0 Å². The van der Waals surface area contributed by atoms with Crippen LogP contribution in [0, 0.1) is 17.8 Å². The Balaban J connectivity index is 1.96. The molecule has 2 heteroatoms. The maximum Gasteiger partial charge on any atom is 0.163 e. The fraction of sp³-hybridized carbons (Fsp3) is 0.857. The van der Waals surface area contributed by atoms with E-state index in [1.54, 1.807) is 0 Å². The standard InChI is InChI=1S/C14H22O2/c15-16-14(10-5-2-6-11-14)12-9-13-7-3-1-4-8-13/h13,15H,1-8,10-11H2. The molecule has 2 aliphatic carbocycles. The van der Waals surface area contributed by atoms with Crippen LogP contribution < -0.4 is 0 Å². The molecule has 2 fully saturated rings.